The first-order valence-electron chi connectivity index (χ1n) is 6.40. The summed E-state index contributed by atoms with van der Waals surface area (Å²) in [6.07, 6.45) is 5.08. The fourth-order valence-electron chi connectivity index (χ4n) is 2.21. The van der Waals surface area contributed by atoms with E-state index < -0.39 is 0 Å². The number of rotatable bonds is 5. The van der Waals surface area contributed by atoms with Gasteiger partial charge in [0, 0.05) is 17.7 Å². The predicted molar refractivity (Wildman–Crippen MR) is 71.4 cm³/mol. The summed E-state index contributed by atoms with van der Waals surface area (Å²) >= 11 is 5.91. The molecule has 1 saturated heterocycles. The van der Waals surface area contributed by atoms with E-state index in [9.17, 15) is 0 Å². The number of hydrogen-bond acceptors (Lipinski definition) is 2. The molecule has 94 valence electrons. The second-order valence-electron chi connectivity index (χ2n) is 4.62. The Balaban J connectivity index is 1.62. The van der Waals surface area contributed by atoms with Crippen LogP contribution in [0.4, 0.5) is 0 Å². The SMILES string of the molecule is Clc1cccc(COCCC2CCCCN2)c1. The molecule has 1 atom stereocenters. The van der Waals surface area contributed by atoms with Crippen molar-refractivity contribution in [2.45, 2.75) is 38.3 Å². The van der Waals surface area contributed by atoms with Crippen molar-refractivity contribution in [2.75, 3.05) is 13.2 Å². The Labute approximate surface area is 108 Å². The Bertz CT molecular complexity index is 337. The van der Waals surface area contributed by atoms with Crippen molar-refractivity contribution in [3.05, 3.63) is 34.9 Å². The first-order chi connectivity index (χ1) is 8.34. The number of piperidine rings is 1. The largest absolute Gasteiger partial charge is 0.377 e. The van der Waals surface area contributed by atoms with Crippen LogP contribution in [-0.2, 0) is 11.3 Å². The number of hydrogen-bond donors (Lipinski definition) is 1. The van der Waals surface area contributed by atoms with Gasteiger partial charge in [-0.15, -0.1) is 0 Å². The molecule has 1 heterocycles. The van der Waals surface area contributed by atoms with Crippen LogP contribution < -0.4 is 5.32 Å². The van der Waals surface area contributed by atoms with Gasteiger partial charge in [0.05, 0.1) is 6.61 Å². The van der Waals surface area contributed by atoms with Gasteiger partial charge in [0.2, 0.25) is 0 Å². The first-order valence-corrected chi connectivity index (χ1v) is 6.78. The van der Waals surface area contributed by atoms with Crippen molar-refractivity contribution < 1.29 is 4.74 Å². The van der Waals surface area contributed by atoms with Gasteiger partial charge in [-0.1, -0.05) is 30.2 Å². The molecule has 1 aliphatic heterocycles. The zero-order valence-electron chi connectivity index (χ0n) is 10.1. The highest BCUT2D eigenvalue weighted by molar-refractivity contribution is 6.30. The maximum Gasteiger partial charge on any atom is 0.0717 e. The molecule has 1 fully saturated rings. The molecule has 2 nitrogen and oxygen atoms in total. The fraction of sp³-hybridized carbons (Fsp3) is 0.571. The second kappa shape index (κ2) is 7.00. The van der Waals surface area contributed by atoms with E-state index in [-0.39, 0.29) is 0 Å². The van der Waals surface area contributed by atoms with E-state index in [1.165, 1.54) is 25.8 Å². The van der Waals surface area contributed by atoms with Crippen LogP contribution in [0.15, 0.2) is 24.3 Å². The van der Waals surface area contributed by atoms with Gasteiger partial charge in [0.25, 0.3) is 0 Å². The molecule has 0 aliphatic carbocycles. The standard InChI is InChI=1S/C14H20ClNO/c15-13-5-3-4-12(10-13)11-17-9-7-14-6-1-2-8-16-14/h3-5,10,14,16H,1-2,6-9,11H2. The van der Waals surface area contributed by atoms with Crippen LogP contribution >= 0.6 is 11.6 Å². The van der Waals surface area contributed by atoms with Crippen molar-refractivity contribution in [1.82, 2.24) is 5.32 Å². The first kappa shape index (κ1) is 12.9. The second-order valence-corrected chi connectivity index (χ2v) is 5.05. The Morgan fingerprint density at radius 2 is 2.29 bits per heavy atom. The summed E-state index contributed by atoms with van der Waals surface area (Å²) in [5.41, 5.74) is 1.15. The maximum absolute atomic E-state index is 5.91. The third-order valence-electron chi connectivity index (χ3n) is 3.18. The highest BCUT2D eigenvalue weighted by atomic mass is 35.5. The maximum atomic E-state index is 5.91. The number of ether oxygens (including phenoxy) is 1. The van der Waals surface area contributed by atoms with Gasteiger partial charge in [0.15, 0.2) is 0 Å². The molecule has 1 aromatic rings. The van der Waals surface area contributed by atoms with Crippen LogP contribution in [0.25, 0.3) is 0 Å². The molecule has 2 rings (SSSR count). The minimum absolute atomic E-state index is 0.656. The lowest BCUT2D eigenvalue weighted by molar-refractivity contribution is 0.108. The summed E-state index contributed by atoms with van der Waals surface area (Å²) in [5, 5.41) is 4.30. The van der Waals surface area contributed by atoms with Crippen molar-refractivity contribution >= 4 is 11.6 Å². The molecule has 1 aromatic carbocycles. The molecule has 0 spiro atoms. The summed E-state index contributed by atoms with van der Waals surface area (Å²) in [5.74, 6) is 0. The van der Waals surface area contributed by atoms with Crippen molar-refractivity contribution in [3.8, 4) is 0 Å². The molecule has 1 aliphatic rings. The quantitative estimate of drug-likeness (QED) is 0.813. The van der Waals surface area contributed by atoms with Gasteiger partial charge >= 0.3 is 0 Å². The Hall–Kier alpha value is -0.570. The summed E-state index contributed by atoms with van der Waals surface area (Å²) in [6.45, 7) is 2.65. The van der Waals surface area contributed by atoms with Gasteiger partial charge < -0.3 is 10.1 Å². The smallest absolute Gasteiger partial charge is 0.0717 e. The lowest BCUT2D eigenvalue weighted by Crippen LogP contribution is -2.34. The monoisotopic (exact) mass is 253 g/mol. The van der Waals surface area contributed by atoms with E-state index in [1.807, 2.05) is 24.3 Å². The van der Waals surface area contributed by atoms with E-state index in [4.69, 9.17) is 16.3 Å². The number of nitrogens with one attached hydrogen (secondary N) is 1. The Morgan fingerprint density at radius 1 is 1.35 bits per heavy atom. The molecule has 3 heteroatoms. The molecular weight excluding hydrogens is 234 g/mol. The number of benzene rings is 1. The summed E-state index contributed by atoms with van der Waals surface area (Å²) < 4.78 is 5.68. The van der Waals surface area contributed by atoms with Crippen LogP contribution in [0.5, 0.6) is 0 Å². The lowest BCUT2D eigenvalue weighted by atomic mass is 10.0. The zero-order chi connectivity index (χ0) is 11.9. The molecule has 0 aromatic heterocycles. The van der Waals surface area contributed by atoms with Crippen molar-refractivity contribution in [1.29, 1.82) is 0 Å². The van der Waals surface area contributed by atoms with Crippen LogP contribution in [-0.4, -0.2) is 19.2 Å². The Kier molecular flexibility index (Phi) is 5.30. The van der Waals surface area contributed by atoms with Gasteiger partial charge in [-0.2, -0.15) is 0 Å². The number of halogens is 1. The summed E-state index contributed by atoms with van der Waals surface area (Å²) in [6, 6.07) is 8.51. The molecular formula is C14H20ClNO. The van der Waals surface area contributed by atoms with E-state index in [1.54, 1.807) is 0 Å². The topological polar surface area (TPSA) is 21.3 Å². The van der Waals surface area contributed by atoms with Gasteiger partial charge in [-0.3, -0.25) is 0 Å². The average molecular weight is 254 g/mol. The van der Waals surface area contributed by atoms with E-state index in [2.05, 4.69) is 5.32 Å². The molecule has 17 heavy (non-hydrogen) atoms. The van der Waals surface area contributed by atoms with Gasteiger partial charge in [-0.05, 0) is 43.5 Å². The minimum atomic E-state index is 0.656. The molecule has 0 saturated carbocycles. The van der Waals surface area contributed by atoms with Crippen LogP contribution in [0, 0.1) is 0 Å². The molecule has 0 bridgehead atoms. The molecule has 1 unspecified atom stereocenters. The van der Waals surface area contributed by atoms with Crippen LogP contribution in [0.1, 0.15) is 31.2 Å². The fourth-order valence-corrected chi connectivity index (χ4v) is 2.43. The van der Waals surface area contributed by atoms with Gasteiger partial charge in [-0.25, -0.2) is 0 Å². The lowest BCUT2D eigenvalue weighted by Gasteiger charge is -2.23. The van der Waals surface area contributed by atoms with E-state index in [0.29, 0.717) is 12.6 Å². The predicted octanol–water partition coefficient (Wildman–Crippen LogP) is 3.39. The summed E-state index contributed by atoms with van der Waals surface area (Å²) in [4.78, 5) is 0. The molecule has 1 N–H and O–H groups in total. The van der Waals surface area contributed by atoms with Crippen LogP contribution in [0.3, 0.4) is 0 Å². The van der Waals surface area contributed by atoms with E-state index >= 15 is 0 Å². The summed E-state index contributed by atoms with van der Waals surface area (Å²) in [7, 11) is 0. The van der Waals surface area contributed by atoms with Crippen molar-refractivity contribution in [2.24, 2.45) is 0 Å². The Morgan fingerprint density at radius 3 is 3.06 bits per heavy atom. The van der Waals surface area contributed by atoms with E-state index in [0.717, 1.165) is 23.6 Å². The molecule has 0 amide bonds. The zero-order valence-corrected chi connectivity index (χ0v) is 10.9. The molecule has 0 radical (unpaired) electrons. The third-order valence-corrected chi connectivity index (χ3v) is 3.42. The van der Waals surface area contributed by atoms with Gasteiger partial charge in [0.1, 0.15) is 0 Å². The van der Waals surface area contributed by atoms with Crippen LogP contribution in [0.2, 0.25) is 5.02 Å². The normalized spacial score (nSPS) is 20.4. The highest BCUT2D eigenvalue weighted by Gasteiger charge is 2.11. The van der Waals surface area contributed by atoms with Crippen molar-refractivity contribution in [3.63, 3.8) is 0 Å². The minimum Gasteiger partial charge on any atom is -0.377 e. The highest BCUT2D eigenvalue weighted by Crippen LogP contribution is 2.13. The average Bonchev–Trinajstić information content (AvgIpc) is 2.36. The third kappa shape index (κ3) is 4.66.